The van der Waals surface area contributed by atoms with Crippen LogP contribution in [0.2, 0.25) is 0 Å². The zero-order valence-corrected chi connectivity index (χ0v) is 12.4. The van der Waals surface area contributed by atoms with Gasteiger partial charge in [0.15, 0.2) is 0 Å². The summed E-state index contributed by atoms with van der Waals surface area (Å²) in [6.07, 6.45) is 10.8. The molecule has 100 valence electrons. The lowest BCUT2D eigenvalue weighted by Gasteiger charge is -2.35. The Bertz CT molecular complexity index is 350. The molecule has 1 fully saturated rings. The summed E-state index contributed by atoms with van der Waals surface area (Å²) in [5.74, 6) is 0. The van der Waals surface area contributed by atoms with E-state index in [4.69, 9.17) is 0 Å². The van der Waals surface area contributed by atoms with Gasteiger partial charge in [-0.2, -0.15) is 0 Å². The van der Waals surface area contributed by atoms with Crippen molar-refractivity contribution in [3.63, 3.8) is 0 Å². The Kier molecular flexibility index (Phi) is 5.51. The van der Waals surface area contributed by atoms with E-state index < -0.39 is 0 Å². The van der Waals surface area contributed by atoms with Gasteiger partial charge in [0, 0.05) is 12.2 Å². The molecule has 0 aromatic carbocycles. The van der Waals surface area contributed by atoms with E-state index in [1.54, 1.807) is 11.8 Å². The third-order valence-corrected chi connectivity index (χ3v) is 4.43. The number of nitrogens with zero attached hydrogens (tertiary/aromatic N) is 2. The molecule has 1 atom stereocenters. The predicted octanol–water partition coefficient (Wildman–Crippen LogP) is 4.13. The fourth-order valence-corrected chi connectivity index (χ4v) is 3.07. The average Bonchev–Trinajstić information content (AvgIpc) is 2.45. The maximum atomic E-state index is 4.52. The molecule has 0 saturated carbocycles. The Morgan fingerprint density at radius 2 is 2.28 bits per heavy atom. The van der Waals surface area contributed by atoms with Crippen molar-refractivity contribution >= 4 is 11.8 Å². The van der Waals surface area contributed by atoms with E-state index in [1.165, 1.54) is 50.8 Å². The molecule has 1 aliphatic rings. The maximum absolute atomic E-state index is 4.52. The molecule has 2 heterocycles. The summed E-state index contributed by atoms with van der Waals surface area (Å²) >= 11 is 1.71. The first-order valence-corrected chi connectivity index (χ1v) is 8.31. The number of thioether (sulfide) groups is 1. The summed E-state index contributed by atoms with van der Waals surface area (Å²) in [5.41, 5.74) is 1.41. The van der Waals surface area contributed by atoms with E-state index >= 15 is 0 Å². The van der Waals surface area contributed by atoms with Crippen molar-refractivity contribution in [1.29, 1.82) is 0 Å². The quantitative estimate of drug-likeness (QED) is 0.744. The summed E-state index contributed by atoms with van der Waals surface area (Å²) in [7, 11) is 0. The summed E-state index contributed by atoms with van der Waals surface area (Å²) in [4.78, 5) is 7.18. The molecule has 0 radical (unpaired) electrons. The molecule has 0 spiro atoms. The van der Waals surface area contributed by atoms with Crippen molar-refractivity contribution in [2.45, 2.75) is 50.1 Å². The van der Waals surface area contributed by atoms with Gasteiger partial charge in [0.1, 0.15) is 0 Å². The molecule has 3 heteroatoms. The van der Waals surface area contributed by atoms with Gasteiger partial charge in [0.25, 0.3) is 0 Å². The highest BCUT2D eigenvalue weighted by Crippen LogP contribution is 2.31. The average molecular weight is 264 g/mol. The second kappa shape index (κ2) is 7.15. The molecule has 2 nitrogen and oxygen atoms in total. The Balaban J connectivity index is 2.06. The summed E-state index contributed by atoms with van der Waals surface area (Å²) in [6.45, 7) is 4.77. The first-order valence-electron chi connectivity index (χ1n) is 7.09. The second-order valence-corrected chi connectivity index (χ2v) is 5.86. The smallest absolute Gasteiger partial charge is 0.0957 e. The lowest BCUT2D eigenvalue weighted by Crippen LogP contribution is -2.34. The van der Waals surface area contributed by atoms with E-state index in [0.717, 1.165) is 5.03 Å². The van der Waals surface area contributed by atoms with Gasteiger partial charge in [0.05, 0.1) is 5.03 Å². The second-order valence-electron chi connectivity index (χ2n) is 5.03. The van der Waals surface area contributed by atoms with Crippen LogP contribution in [0.5, 0.6) is 0 Å². The summed E-state index contributed by atoms with van der Waals surface area (Å²) in [5, 5.41) is 1.12. The van der Waals surface area contributed by atoms with Crippen LogP contribution in [0.3, 0.4) is 0 Å². The van der Waals surface area contributed by atoms with Crippen LogP contribution in [0.15, 0.2) is 23.4 Å². The normalized spacial score (nSPS) is 21.1. The van der Waals surface area contributed by atoms with Crippen LogP contribution in [0.1, 0.15) is 50.6 Å². The molecular weight excluding hydrogens is 240 g/mol. The van der Waals surface area contributed by atoms with Crippen molar-refractivity contribution < 1.29 is 0 Å². The van der Waals surface area contributed by atoms with Gasteiger partial charge in [-0.05, 0) is 50.2 Å². The third-order valence-electron chi connectivity index (χ3n) is 3.77. The first kappa shape index (κ1) is 13.9. The molecule has 1 saturated heterocycles. The highest BCUT2D eigenvalue weighted by molar-refractivity contribution is 7.98. The van der Waals surface area contributed by atoms with Crippen LogP contribution < -0.4 is 0 Å². The first-order chi connectivity index (χ1) is 8.85. The highest BCUT2D eigenvalue weighted by atomic mass is 32.2. The molecule has 0 bridgehead atoms. The zero-order chi connectivity index (χ0) is 12.8. The van der Waals surface area contributed by atoms with Crippen molar-refractivity contribution in [2.75, 3.05) is 19.3 Å². The van der Waals surface area contributed by atoms with Gasteiger partial charge in [-0.3, -0.25) is 4.90 Å². The SMILES string of the molecule is CCCCN1CCCC[C@@H]1c1ccc(SC)nc1. The van der Waals surface area contributed by atoms with Crippen LogP contribution in [0, 0.1) is 0 Å². The van der Waals surface area contributed by atoms with Crippen molar-refractivity contribution in [3.8, 4) is 0 Å². The maximum Gasteiger partial charge on any atom is 0.0957 e. The minimum absolute atomic E-state index is 0.605. The molecule has 0 aliphatic carbocycles. The minimum Gasteiger partial charge on any atom is -0.296 e. The van der Waals surface area contributed by atoms with Crippen molar-refractivity contribution in [3.05, 3.63) is 23.9 Å². The largest absolute Gasteiger partial charge is 0.296 e. The van der Waals surface area contributed by atoms with Gasteiger partial charge in [-0.15, -0.1) is 11.8 Å². The number of piperidine rings is 1. The van der Waals surface area contributed by atoms with Crippen molar-refractivity contribution in [1.82, 2.24) is 9.88 Å². The van der Waals surface area contributed by atoms with Crippen LogP contribution in [-0.2, 0) is 0 Å². The standard InChI is InChI=1S/C15H24N2S/c1-3-4-10-17-11-6-5-7-14(17)13-8-9-15(18-2)16-12-13/h8-9,12,14H,3-7,10-11H2,1-2H3/t14-/m1/s1. The number of rotatable bonds is 5. The monoisotopic (exact) mass is 264 g/mol. The molecule has 18 heavy (non-hydrogen) atoms. The lowest BCUT2D eigenvalue weighted by atomic mass is 9.96. The van der Waals surface area contributed by atoms with E-state index in [9.17, 15) is 0 Å². The van der Waals surface area contributed by atoms with E-state index in [0.29, 0.717) is 6.04 Å². The molecule has 0 amide bonds. The van der Waals surface area contributed by atoms with Crippen LogP contribution in [-0.4, -0.2) is 29.2 Å². The number of unbranched alkanes of at least 4 members (excludes halogenated alkanes) is 1. The van der Waals surface area contributed by atoms with Gasteiger partial charge in [0.2, 0.25) is 0 Å². The number of hydrogen-bond donors (Lipinski definition) is 0. The van der Waals surface area contributed by atoms with Crippen LogP contribution in [0.25, 0.3) is 0 Å². The predicted molar refractivity (Wildman–Crippen MR) is 79.1 cm³/mol. The highest BCUT2D eigenvalue weighted by Gasteiger charge is 2.23. The van der Waals surface area contributed by atoms with E-state index in [2.05, 4.69) is 41.4 Å². The lowest BCUT2D eigenvalue weighted by molar-refractivity contribution is 0.146. The molecule has 0 unspecified atom stereocenters. The Labute approximate surface area is 115 Å². The zero-order valence-electron chi connectivity index (χ0n) is 11.6. The van der Waals surface area contributed by atoms with Gasteiger partial charge in [-0.1, -0.05) is 25.8 Å². The van der Waals surface area contributed by atoms with Crippen LogP contribution in [0.4, 0.5) is 0 Å². The van der Waals surface area contributed by atoms with E-state index in [1.807, 2.05) is 0 Å². The van der Waals surface area contributed by atoms with Crippen molar-refractivity contribution in [2.24, 2.45) is 0 Å². The third kappa shape index (κ3) is 3.48. The Hall–Kier alpha value is -0.540. The fraction of sp³-hybridized carbons (Fsp3) is 0.667. The Morgan fingerprint density at radius 3 is 2.94 bits per heavy atom. The molecule has 0 N–H and O–H groups in total. The molecule has 1 aromatic rings. The molecule has 1 aromatic heterocycles. The van der Waals surface area contributed by atoms with Crippen LogP contribution >= 0.6 is 11.8 Å². The molecular formula is C15H24N2S. The van der Waals surface area contributed by atoms with Gasteiger partial charge < -0.3 is 0 Å². The molecule has 1 aliphatic heterocycles. The Morgan fingerprint density at radius 1 is 1.39 bits per heavy atom. The topological polar surface area (TPSA) is 16.1 Å². The minimum atomic E-state index is 0.605. The van der Waals surface area contributed by atoms with Gasteiger partial charge >= 0.3 is 0 Å². The fourth-order valence-electron chi connectivity index (χ4n) is 2.71. The number of aromatic nitrogens is 1. The van der Waals surface area contributed by atoms with E-state index in [-0.39, 0.29) is 0 Å². The number of hydrogen-bond acceptors (Lipinski definition) is 3. The van der Waals surface area contributed by atoms with Gasteiger partial charge in [-0.25, -0.2) is 4.98 Å². The molecule has 2 rings (SSSR count). The number of pyridine rings is 1. The summed E-state index contributed by atoms with van der Waals surface area (Å²) in [6, 6.07) is 5.04. The summed E-state index contributed by atoms with van der Waals surface area (Å²) < 4.78 is 0. The number of likely N-dealkylation sites (tertiary alicyclic amines) is 1.